The smallest absolute Gasteiger partial charge is 0.254 e. The molecular formula is C24H25FN4O2. The van der Waals surface area contributed by atoms with Gasteiger partial charge >= 0.3 is 0 Å². The van der Waals surface area contributed by atoms with Crippen LogP contribution in [0.2, 0.25) is 0 Å². The molecule has 1 fully saturated rings. The Bertz CT molecular complexity index is 1110. The zero-order valence-corrected chi connectivity index (χ0v) is 17.7. The van der Waals surface area contributed by atoms with Crippen molar-refractivity contribution in [3.8, 4) is 11.3 Å². The molecule has 0 bridgehead atoms. The van der Waals surface area contributed by atoms with Crippen molar-refractivity contribution in [2.75, 3.05) is 46.8 Å². The van der Waals surface area contributed by atoms with Crippen LogP contribution in [0, 0.1) is 5.82 Å². The number of rotatable bonds is 4. The summed E-state index contributed by atoms with van der Waals surface area (Å²) in [6.07, 6.45) is 0. The van der Waals surface area contributed by atoms with E-state index in [1.165, 1.54) is 12.1 Å². The van der Waals surface area contributed by atoms with Gasteiger partial charge in [-0.1, -0.05) is 18.2 Å². The Morgan fingerprint density at radius 3 is 2.35 bits per heavy atom. The maximum Gasteiger partial charge on any atom is 0.254 e. The molecule has 3 aromatic rings. The Balaban J connectivity index is 1.59. The first-order valence-corrected chi connectivity index (χ1v) is 10.3. The van der Waals surface area contributed by atoms with Gasteiger partial charge < -0.3 is 9.80 Å². The van der Waals surface area contributed by atoms with E-state index in [2.05, 4.69) is 9.88 Å². The molecule has 0 radical (unpaired) electrons. The molecule has 2 amide bonds. The molecule has 2 aromatic carbocycles. The number of fused-ring (bicyclic) bond motifs is 1. The molecule has 0 spiro atoms. The predicted octanol–water partition coefficient (Wildman–Crippen LogP) is 2.89. The quantitative estimate of drug-likeness (QED) is 0.651. The van der Waals surface area contributed by atoms with Crippen molar-refractivity contribution in [1.82, 2.24) is 19.7 Å². The molecule has 1 aromatic heterocycles. The van der Waals surface area contributed by atoms with E-state index in [0.29, 0.717) is 44.0 Å². The highest BCUT2D eigenvalue weighted by Gasteiger charge is 2.25. The second-order valence-corrected chi connectivity index (χ2v) is 7.94. The van der Waals surface area contributed by atoms with Crippen LogP contribution in [0.3, 0.4) is 0 Å². The van der Waals surface area contributed by atoms with Gasteiger partial charge in [0.1, 0.15) is 5.82 Å². The molecule has 4 rings (SSSR count). The third-order valence-electron chi connectivity index (χ3n) is 5.60. The highest BCUT2D eigenvalue weighted by Crippen LogP contribution is 2.26. The first kappa shape index (κ1) is 20.9. The number of likely N-dealkylation sites (N-methyl/N-ethyl adjacent to an activating group) is 1. The topological polar surface area (TPSA) is 56.8 Å². The van der Waals surface area contributed by atoms with Crippen molar-refractivity contribution in [1.29, 1.82) is 0 Å². The molecule has 0 saturated carbocycles. The van der Waals surface area contributed by atoms with Crippen LogP contribution in [0.5, 0.6) is 0 Å². The average molecular weight is 420 g/mol. The third kappa shape index (κ3) is 4.56. The van der Waals surface area contributed by atoms with Crippen molar-refractivity contribution in [2.45, 2.75) is 0 Å². The Hall–Kier alpha value is -3.32. The number of para-hydroxylation sites is 1. The normalized spacial score (nSPS) is 14.6. The summed E-state index contributed by atoms with van der Waals surface area (Å²) in [5.74, 6) is -0.309. The van der Waals surface area contributed by atoms with Crippen LogP contribution in [-0.4, -0.2) is 78.3 Å². The zero-order valence-electron chi connectivity index (χ0n) is 17.7. The second-order valence-electron chi connectivity index (χ2n) is 7.94. The maximum atomic E-state index is 13.4. The number of nitrogens with zero attached hydrogens (tertiary/aromatic N) is 4. The van der Waals surface area contributed by atoms with E-state index < -0.39 is 0 Å². The van der Waals surface area contributed by atoms with E-state index in [-0.39, 0.29) is 17.6 Å². The molecule has 0 atom stereocenters. The minimum Gasteiger partial charge on any atom is -0.348 e. The van der Waals surface area contributed by atoms with Crippen LogP contribution in [0.1, 0.15) is 10.4 Å². The fraction of sp³-hybridized carbons (Fsp3) is 0.292. The van der Waals surface area contributed by atoms with Crippen molar-refractivity contribution in [2.24, 2.45) is 0 Å². The highest BCUT2D eigenvalue weighted by atomic mass is 19.1. The monoisotopic (exact) mass is 420 g/mol. The lowest BCUT2D eigenvalue weighted by Crippen LogP contribution is -2.51. The summed E-state index contributed by atoms with van der Waals surface area (Å²) < 4.78 is 13.4. The lowest BCUT2D eigenvalue weighted by atomic mass is 10.0. The predicted molar refractivity (Wildman–Crippen MR) is 118 cm³/mol. The van der Waals surface area contributed by atoms with Gasteiger partial charge in [-0.3, -0.25) is 14.5 Å². The number of hydrogen-bond donors (Lipinski definition) is 0. The van der Waals surface area contributed by atoms with E-state index in [4.69, 9.17) is 0 Å². The molecule has 0 N–H and O–H groups in total. The molecule has 0 unspecified atom stereocenters. The summed E-state index contributed by atoms with van der Waals surface area (Å²) in [6, 6.07) is 15.5. The first-order chi connectivity index (χ1) is 14.9. The highest BCUT2D eigenvalue weighted by molar-refractivity contribution is 6.07. The number of piperazine rings is 1. The van der Waals surface area contributed by atoms with Crippen molar-refractivity contribution < 1.29 is 14.0 Å². The Kier molecular flexibility index (Phi) is 5.95. The SMILES string of the molecule is CN(C)C(=O)CN1CCN(C(=O)c2cc(-c3ccc(F)cc3)nc3ccccc23)CC1. The van der Waals surface area contributed by atoms with E-state index >= 15 is 0 Å². The first-order valence-electron chi connectivity index (χ1n) is 10.3. The minimum atomic E-state index is -0.313. The Morgan fingerprint density at radius 1 is 1.00 bits per heavy atom. The lowest BCUT2D eigenvalue weighted by molar-refractivity contribution is -0.130. The number of amides is 2. The molecule has 0 aliphatic carbocycles. The fourth-order valence-electron chi connectivity index (χ4n) is 3.73. The van der Waals surface area contributed by atoms with E-state index in [0.717, 1.165) is 16.5 Å². The molecule has 2 heterocycles. The molecule has 6 nitrogen and oxygen atoms in total. The summed E-state index contributed by atoms with van der Waals surface area (Å²) >= 11 is 0. The molecule has 31 heavy (non-hydrogen) atoms. The van der Waals surface area contributed by atoms with Gasteiger partial charge in [0.05, 0.1) is 23.3 Å². The molecular weight excluding hydrogens is 395 g/mol. The number of carbonyl (C=O) groups excluding carboxylic acids is 2. The standard InChI is InChI=1S/C24H25FN4O2/c1-27(2)23(30)16-28-11-13-29(14-12-28)24(31)20-15-22(17-7-9-18(25)10-8-17)26-21-6-4-3-5-19(20)21/h3-10,15H,11-14,16H2,1-2H3. The van der Waals surface area contributed by atoms with Gasteiger partial charge in [0, 0.05) is 51.2 Å². The molecule has 1 saturated heterocycles. The van der Waals surface area contributed by atoms with Gasteiger partial charge in [0.15, 0.2) is 0 Å². The minimum absolute atomic E-state index is 0.0550. The van der Waals surface area contributed by atoms with E-state index in [1.807, 2.05) is 29.2 Å². The third-order valence-corrected chi connectivity index (χ3v) is 5.60. The van der Waals surface area contributed by atoms with Crippen molar-refractivity contribution in [3.63, 3.8) is 0 Å². The van der Waals surface area contributed by atoms with E-state index in [9.17, 15) is 14.0 Å². The van der Waals surface area contributed by atoms with Gasteiger partial charge in [-0.2, -0.15) is 0 Å². The summed E-state index contributed by atoms with van der Waals surface area (Å²) in [6.45, 7) is 2.78. The van der Waals surface area contributed by atoms with Crippen LogP contribution in [-0.2, 0) is 4.79 Å². The largest absolute Gasteiger partial charge is 0.348 e. The van der Waals surface area contributed by atoms with Gasteiger partial charge in [-0.15, -0.1) is 0 Å². The number of benzene rings is 2. The van der Waals surface area contributed by atoms with Gasteiger partial charge in [0.2, 0.25) is 5.91 Å². The summed E-state index contributed by atoms with van der Waals surface area (Å²) in [5.41, 5.74) is 2.70. The molecule has 1 aliphatic heterocycles. The van der Waals surface area contributed by atoms with Crippen LogP contribution in [0.25, 0.3) is 22.2 Å². The summed E-state index contributed by atoms with van der Waals surface area (Å²) in [4.78, 5) is 35.6. The van der Waals surface area contributed by atoms with Crippen molar-refractivity contribution in [3.05, 3.63) is 66.0 Å². The lowest BCUT2D eigenvalue weighted by Gasteiger charge is -2.35. The number of hydrogen-bond acceptors (Lipinski definition) is 4. The van der Waals surface area contributed by atoms with Crippen LogP contribution in [0.4, 0.5) is 4.39 Å². The molecule has 1 aliphatic rings. The van der Waals surface area contributed by atoms with Crippen LogP contribution < -0.4 is 0 Å². The molecule has 160 valence electrons. The number of halogens is 1. The Morgan fingerprint density at radius 2 is 1.68 bits per heavy atom. The fourth-order valence-corrected chi connectivity index (χ4v) is 3.73. The average Bonchev–Trinajstić information content (AvgIpc) is 2.78. The second kappa shape index (κ2) is 8.81. The van der Waals surface area contributed by atoms with Gasteiger partial charge in [-0.05, 0) is 36.4 Å². The zero-order chi connectivity index (χ0) is 22.0. The van der Waals surface area contributed by atoms with Crippen LogP contribution >= 0.6 is 0 Å². The van der Waals surface area contributed by atoms with Crippen molar-refractivity contribution >= 4 is 22.7 Å². The van der Waals surface area contributed by atoms with Gasteiger partial charge in [-0.25, -0.2) is 9.37 Å². The van der Waals surface area contributed by atoms with Gasteiger partial charge in [0.25, 0.3) is 5.91 Å². The van der Waals surface area contributed by atoms with Crippen LogP contribution in [0.15, 0.2) is 54.6 Å². The number of carbonyl (C=O) groups is 2. The number of pyridine rings is 1. The molecule has 7 heteroatoms. The Labute approximate surface area is 180 Å². The van der Waals surface area contributed by atoms with E-state index in [1.54, 1.807) is 37.2 Å². The number of aromatic nitrogens is 1. The summed E-state index contributed by atoms with van der Waals surface area (Å²) in [7, 11) is 3.49. The summed E-state index contributed by atoms with van der Waals surface area (Å²) in [5, 5.41) is 0.795. The maximum absolute atomic E-state index is 13.4.